The summed E-state index contributed by atoms with van der Waals surface area (Å²) in [6.07, 6.45) is -7.08. The van der Waals surface area contributed by atoms with Crippen molar-refractivity contribution >= 4 is 32.9 Å². The molecule has 0 unspecified atom stereocenters. The monoisotopic (exact) mass is 628 g/mol. The fourth-order valence-electron chi connectivity index (χ4n) is 5.38. The number of fused-ring (bicyclic) bond motifs is 3. The summed E-state index contributed by atoms with van der Waals surface area (Å²) in [5.41, 5.74) is -2.26. The minimum atomic E-state index is -1.68. The Labute approximate surface area is 256 Å². The molecule has 0 bridgehead atoms. The van der Waals surface area contributed by atoms with Gasteiger partial charge in [0, 0.05) is 34.4 Å². The summed E-state index contributed by atoms with van der Waals surface area (Å²) < 4.78 is 33.8. The zero-order valence-corrected chi connectivity index (χ0v) is 23.8. The van der Waals surface area contributed by atoms with E-state index in [1.807, 2.05) is 0 Å². The fourth-order valence-corrected chi connectivity index (χ4v) is 5.38. The zero-order valence-electron chi connectivity index (χ0n) is 23.8. The Balaban J connectivity index is 1.37. The van der Waals surface area contributed by atoms with Crippen LogP contribution in [0.1, 0.15) is 6.92 Å². The molecule has 234 valence electrons. The predicted molar refractivity (Wildman–Crippen MR) is 161 cm³/mol. The molecule has 1 aliphatic rings. The maximum atomic E-state index is 13.3. The van der Waals surface area contributed by atoms with E-state index in [9.17, 15) is 34.8 Å². The second-order valence-corrected chi connectivity index (χ2v) is 10.7. The quantitative estimate of drug-likeness (QED) is 0.203. The molecule has 4 heterocycles. The molecule has 0 saturated carbocycles. The van der Waals surface area contributed by atoms with Crippen LogP contribution in [0.3, 0.4) is 0 Å². The van der Waals surface area contributed by atoms with Crippen molar-refractivity contribution in [2.75, 3.05) is 0 Å². The van der Waals surface area contributed by atoms with E-state index in [1.165, 1.54) is 55.5 Å². The molecule has 13 heteroatoms. The number of phenols is 1. The Morgan fingerprint density at radius 2 is 1.33 bits per heavy atom. The van der Waals surface area contributed by atoms with Crippen LogP contribution in [0.25, 0.3) is 44.0 Å². The van der Waals surface area contributed by atoms with Crippen molar-refractivity contribution in [1.29, 1.82) is 0 Å². The molecule has 1 aliphatic heterocycles. The lowest BCUT2D eigenvalue weighted by atomic mass is 9.97. The molecule has 3 aromatic carbocycles. The number of phenolic OH excluding ortho intramolecular Hbond substituents is 1. The van der Waals surface area contributed by atoms with E-state index < -0.39 is 47.6 Å². The average molecular weight is 629 g/mol. The largest absolute Gasteiger partial charge is 0.507 e. The van der Waals surface area contributed by atoms with Gasteiger partial charge in [-0.15, -0.1) is 0 Å². The number of aliphatic hydroxyl groups is 3. The van der Waals surface area contributed by atoms with Crippen molar-refractivity contribution in [2.24, 2.45) is 0 Å². The molecule has 13 nitrogen and oxygen atoms in total. The van der Waals surface area contributed by atoms with Crippen LogP contribution >= 0.6 is 0 Å². The van der Waals surface area contributed by atoms with Crippen molar-refractivity contribution in [2.45, 2.75) is 37.6 Å². The molecule has 7 rings (SSSR count). The highest BCUT2D eigenvalue weighted by atomic mass is 16.7. The van der Waals surface area contributed by atoms with Gasteiger partial charge in [-0.25, -0.2) is 14.4 Å². The molecule has 0 aliphatic carbocycles. The van der Waals surface area contributed by atoms with Crippen LogP contribution in [-0.4, -0.2) is 51.1 Å². The van der Waals surface area contributed by atoms with Crippen LogP contribution in [0.15, 0.2) is 100 Å². The smallest absolute Gasteiger partial charge is 0.379 e. The van der Waals surface area contributed by atoms with Gasteiger partial charge in [-0.2, -0.15) is 0 Å². The van der Waals surface area contributed by atoms with Gasteiger partial charge in [-0.3, -0.25) is 0 Å². The number of ether oxygens (including phenoxy) is 3. The molecule has 4 N–H and O–H groups in total. The minimum Gasteiger partial charge on any atom is -0.507 e. The minimum absolute atomic E-state index is 0.0243. The van der Waals surface area contributed by atoms with Gasteiger partial charge >= 0.3 is 16.9 Å². The first-order valence-electron chi connectivity index (χ1n) is 14.0. The van der Waals surface area contributed by atoms with Crippen LogP contribution in [-0.2, 0) is 4.74 Å². The maximum Gasteiger partial charge on any atom is 0.379 e. The second kappa shape index (κ2) is 11.2. The Morgan fingerprint density at radius 3 is 2.13 bits per heavy atom. The van der Waals surface area contributed by atoms with Gasteiger partial charge in [0.1, 0.15) is 46.7 Å². The number of hydrogen-bond acceptors (Lipinski definition) is 13. The van der Waals surface area contributed by atoms with Crippen LogP contribution in [0.5, 0.6) is 23.0 Å². The van der Waals surface area contributed by atoms with Crippen molar-refractivity contribution < 1.29 is 47.9 Å². The van der Waals surface area contributed by atoms with Gasteiger partial charge in [-0.05, 0) is 61.5 Å². The van der Waals surface area contributed by atoms with E-state index in [4.69, 9.17) is 27.5 Å². The maximum absolute atomic E-state index is 13.3. The standard InChI is InChI=1S/C33H24O13/c1-14-27(37)28(38)29(39)33(41-14)44-20-9-4-16-6-11-24(36)45-30(16)26(20)25-19(34)8-3-17-12-22(32(40)46-31(17)25)42-18-7-2-15-5-10-23(35)43-21(15)13-18/h2-14,27-29,33-34,37-39H,1H3/t14-,27-,28+,29+,33-/m0/s1. The molecular weight excluding hydrogens is 604 g/mol. The molecule has 1 fully saturated rings. The Bertz CT molecular complexity index is 2320. The predicted octanol–water partition coefficient (Wildman–Crippen LogP) is 3.38. The highest BCUT2D eigenvalue weighted by molar-refractivity contribution is 6.05. The van der Waals surface area contributed by atoms with E-state index in [1.54, 1.807) is 24.3 Å². The normalized spacial score (nSPS) is 21.5. The second-order valence-electron chi connectivity index (χ2n) is 10.7. The molecule has 0 radical (unpaired) electrons. The molecule has 3 aromatic heterocycles. The Morgan fingerprint density at radius 1 is 0.652 bits per heavy atom. The number of aromatic hydroxyl groups is 1. The first-order chi connectivity index (χ1) is 22.1. The van der Waals surface area contributed by atoms with Gasteiger partial charge in [0.05, 0.1) is 17.2 Å². The highest BCUT2D eigenvalue weighted by Crippen LogP contribution is 2.45. The number of benzene rings is 3. The van der Waals surface area contributed by atoms with Crippen LogP contribution in [0, 0.1) is 0 Å². The van der Waals surface area contributed by atoms with Gasteiger partial charge in [0.15, 0.2) is 5.58 Å². The van der Waals surface area contributed by atoms with E-state index in [-0.39, 0.29) is 56.3 Å². The molecule has 6 aromatic rings. The SMILES string of the molecule is C[C@@H]1O[C@@H](Oc2ccc3ccc(=O)oc3c2-c2c(O)ccc3cc(Oc4ccc5ccc(=O)oc5c4)c(=O)oc23)[C@H](O)[C@H](O)[C@H]1O. The summed E-state index contributed by atoms with van der Waals surface area (Å²) in [6.45, 7) is 1.48. The lowest BCUT2D eigenvalue weighted by molar-refractivity contribution is -0.268. The summed E-state index contributed by atoms with van der Waals surface area (Å²) in [7, 11) is 0. The molecule has 1 saturated heterocycles. The molecule has 0 spiro atoms. The first-order valence-corrected chi connectivity index (χ1v) is 14.0. The van der Waals surface area contributed by atoms with E-state index in [2.05, 4.69) is 0 Å². The highest BCUT2D eigenvalue weighted by Gasteiger charge is 2.43. The van der Waals surface area contributed by atoms with E-state index in [0.717, 1.165) is 0 Å². The number of rotatable bonds is 5. The van der Waals surface area contributed by atoms with Gasteiger partial charge in [-0.1, -0.05) is 0 Å². The molecular formula is C33H24O13. The number of hydrogen-bond donors (Lipinski definition) is 4. The summed E-state index contributed by atoms with van der Waals surface area (Å²) in [5, 5.41) is 43.6. The molecule has 46 heavy (non-hydrogen) atoms. The summed E-state index contributed by atoms with van der Waals surface area (Å²) in [5.74, 6) is -0.494. The van der Waals surface area contributed by atoms with Crippen molar-refractivity contribution in [3.05, 3.63) is 104 Å². The lowest BCUT2D eigenvalue weighted by Gasteiger charge is -2.39. The van der Waals surface area contributed by atoms with E-state index >= 15 is 0 Å². The summed E-state index contributed by atoms with van der Waals surface area (Å²) in [4.78, 5) is 37.3. The third-order valence-electron chi connectivity index (χ3n) is 7.72. The Kier molecular flexibility index (Phi) is 7.09. The topological polar surface area (TPSA) is 199 Å². The van der Waals surface area contributed by atoms with Gasteiger partial charge < -0.3 is 47.9 Å². The Hall–Kier alpha value is -5.47. The van der Waals surface area contributed by atoms with Gasteiger partial charge in [0.2, 0.25) is 12.0 Å². The molecule has 0 amide bonds. The summed E-state index contributed by atoms with van der Waals surface area (Å²) >= 11 is 0. The van der Waals surface area contributed by atoms with Crippen LogP contribution in [0.4, 0.5) is 0 Å². The average Bonchev–Trinajstić information content (AvgIpc) is 3.03. The number of aliphatic hydroxyl groups excluding tert-OH is 3. The third-order valence-corrected chi connectivity index (χ3v) is 7.72. The molecule has 5 atom stereocenters. The van der Waals surface area contributed by atoms with Crippen molar-refractivity contribution in [3.63, 3.8) is 0 Å². The van der Waals surface area contributed by atoms with Crippen LogP contribution in [0.2, 0.25) is 0 Å². The lowest BCUT2D eigenvalue weighted by Crippen LogP contribution is -2.58. The van der Waals surface area contributed by atoms with Crippen molar-refractivity contribution in [3.8, 4) is 34.1 Å². The fraction of sp³-hybridized carbons (Fsp3) is 0.182. The van der Waals surface area contributed by atoms with Crippen LogP contribution < -0.4 is 26.4 Å². The van der Waals surface area contributed by atoms with Crippen molar-refractivity contribution in [1.82, 2.24) is 0 Å². The zero-order chi connectivity index (χ0) is 32.3. The first kappa shape index (κ1) is 29.3. The van der Waals surface area contributed by atoms with Gasteiger partial charge in [0.25, 0.3) is 0 Å². The van der Waals surface area contributed by atoms with E-state index in [0.29, 0.717) is 10.8 Å². The third kappa shape index (κ3) is 5.06. The summed E-state index contributed by atoms with van der Waals surface area (Å²) in [6, 6.07) is 17.4.